The van der Waals surface area contributed by atoms with Crippen LogP contribution in [0.1, 0.15) is 72.1 Å². The largest absolute Gasteiger partial charge is 0.312 e. The summed E-state index contributed by atoms with van der Waals surface area (Å²) in [6.07, 6.45) is 11.3. The van der Waals surface area contributed by atoms with Gasteiger partial charge < -0.3 is 5.32 Å². The van der Waals surface area contributed by atoms with E-state index in [4.69, 9.17) is 0 Å². The molecule has 90 valence electrons. The fourth-order valence-electron chi connectivity index (χ4n) is 2.70. The Bertz CT molecular complexity index is 155. The first kappa shape index (κ1) is 13.0. The molecule has 0 saturated heterocycles. The van der Waals surface area contributed by atoms with Gasteiger partial charge in [-0.1, -0.05) is 39.0 Å². The van der Waals surface area contributed by atoms with Crippen LogP contribution in [0.25, 0.3) is 0 Å². The lowest BCUT2D eigenvalue weighted by atomic mass is 9.95. The van der Waals surface area contributed by atoms with Crippen LogP contribution < -0.4 is 5.32 Å². The van der Waals surface area contributed by atoms with Gasteiger partial charge in [-0.3, -0.25) is 0 Å². The average Bonchev–Trinajstić information content (AvgIpc) is 2.43. The fourth-order valence-corrected chi connectivity index (χ4v) is 2.70. The van der Waals surface area contributed by atoms with Crippen molar-refractivity contribution in [1.82, 2.24) is 5.32 Å². The van der Waals surface area contributed by atoms with E-state index in [1.807, 2.05) is 0 Å². The van der Waals surface area contributed by atoms with Gasteiger partial charge in [0.1, 0.15) is 0 Å². The van der Waals surface area contributed by atoms with Crippen LogP contribution in [0.15, 0.2) is 0 Å². The van der Waals surface area contributed by atoms with Gasteiger partial charge in [0.25, 0.3) is 0 Å². The third-order valence-electron chi connectivity index (χ3n) is 3.72. The molecular formula is C14H29N. The van der Waals surface area contributed by atoms with E-state index in [-0.39, 0.29) is 0 Å². The molecule has 1 nitrogen and oxygen atoms in total. The van der Waals surface area contributed by atoms with Crippen LogP contribution in [0.5, 0.6) is 0 Å². The minimum Gasteiger partial charge on any atom is -0.312 e. The second-order valence-corrected chi connectivity index (χ2v) is 5.87. The SMILES string of the molecule is CCCC(C)(C)NCC1CCCCCC1. The number of hydrogen-bond donors (Lipinski definition) is 1. The topological polar surface area (TPSA) is 12.0 Å². The highest BCUT2D eigenvalue weighted by Crippen LogP contribution is 2.23. The number of nitrogens with one attached hydrogen (secondary N) is 1. The maximum Gasteiger partial charge on any atom is 0.0125 e. The second-order valence-electron chi connectivity index (χ2n) is 5.87. The van der Waals surface area contributed by atoms with E-state index in [1.165, 1.54) is 57.9 Å². The second kappa shape index (κ2) is 6.52. The zero-order valence-corrected chi connectivity index (χ0v) is 10.9. The molecule has 1 saturated carbocycles. The van der Waals surface area contributed by atoms with E-state index in [0.717, 1.165) is 5.92 Å². The van der Waals surface area contributed by atoms with Crippen molar-refractivity contribution in [3.05, 3.63) is 0 Å². The predicted molar refractivity (Wildman–Crippen MR) is 68.2 cm³/mol. The molecule has 0 aromatic carbocycles. The van der Waals surface area contributed by atoms with E-state index in [2.05, 4.69) is 26.1 Å². The van der Waals surface area contributed by atoms with Crippen LogP contribution in [0.2, 0.25) is 0 Å². The highest BCUT2D eigenvalue weighted by atomic mass is 15.0. The van der Waals surface area contributed by atoms with Crippen LogP contribution in [0, 0.1) is 5.92 Å². The number of hydrogen-bond acceptors (Lipinski definition) is 1. The Morgan fingerprint density at radius 1 is 1.07 bits per heavy atom. The normalized spacial score (nSPS) is 20.2. The van der Waals surface area contributed by atoms with E-state index >= 15 is 0 Å². The van der Waals surface area contributed by atoms with Crippen molar-refractivity contribution in [2.45, 2.75) is 77.7 Å². The van der Waals surface area contributed by atoms with Gasteiger partial charge >= 0.3 is 0 Å². The Morgan fingerprint density at radius 3 is 2.20 bits per heavy atom. The fraction of sp³-hybridized carbons (Fsp3) is 1.00. The maximum atomic E-state index is 3.76. The van der Waals surface area contributed by atoms with Crippen molar-refractivity contribution in [3.8, 4) is 0 Å². The summed E-state index contributed by atoms with van der Waals surface area (Å²) in [5.74, 6) is 0.948. The maximum absolute atomic E-state index is 3.76. The zero-order valence-electron chi connectivity index (χ0n) is 10.9. The van der Waals surface area contributed by atoms with E-state index in [9.17, 15) is 0 Å². The highest BCUT2D eigenvalue weighted by Gasteiger charge is 2.18. The third-order valence-corrected chi connectivity index (χ3v) is 3.72. The van der Waals surface area contributed by atoms with Gasteiger partial charge in [-0.15, -0.1) is 0 Å². The molecule has 0 heterocycles. The Kier molecular flexibility index (Phi) is 5.66. The lowest BCUT2D eigenvalue weighted by molar-refractivity contribution is 0.312. The predicted octanol–water partition coefficient (Wildman–Crippen LogP) is 4.13. The number of rotatable bonds is 5. The zero-order chi connectivity index (χ0) is 11.1. The van der Waals surface area contributed by atoms with Gasteiger partial charge in [-0.2, -0.15) is 0 Å². The van der Waals surface area contributed by atoms with Crippen LogP contribution in [0.3, 0.4) is 0 Å². The first-order valence-electron chi connectivity index (χ1n) is 6.89. The molecule has 0 amide bonds. The van der Waals surface area contributed by atoms with Gasteiger partial charge in [0, 0.05) is 5.54 Å². The molecule has 0 atom stereocenters. The van der Waals surface area contributed by atoms with Gasteiger partial charge in [0.2, 0.25) is 0 Å². The lowest BCUT2D eigenvalue weighted by Gasteiger charge is -2.28. The van der Waals surface area contributed by atoms with E-state index in [1.54, 1.807) is 0 Å². The molecule has 0 aromatic heterocycles. The van der Waals surface area contributed by atoms with Gasteiger partial charge in [-0.05, 0) is 45.6 Å². The first-order chi connectivity index (χ1) is 7.14. The van der Waals surface area contributed by atoms with Crippen molar-refractivity contribution >= 4 is 0 Å². The van der Waals surface area contributed by atoms with Crippen molar-refractivity contribution in [1.29, 1.82) is 0 Å². The molecular weight excluding hydrogens is 182 g/mol. The van der Waals surface area contributed by atoms with E-state index in [0.29, 0.717) is 5.54 Å². The quantitative estimate of drug-likeness (QED) is 0.674. The minimum atomic E-state index is 0.348. The summed E-state index contributed by atoms with van der Waals surface area (Å²) in [5, 5.41) is 3.76. The summed E-state index contributed by atoms with van der Waals surface area (Å²) < 4.78 is 0. The summed E-state index contributed by atoms with van der Waals surface area (Å²) in [7, 11) is 0. The lowest BCUT2D eigenvalue weighted by Crippen LogP contribution is -2.41. The van der Waals surface area contributed by atoms with E-state index < -0.39 is 0 Å². The Labute approximate surface area is 96.0 Å². The molecule has 1 rings (SSSR count). The standard InChI is InChI=1S/C14H29N/c1-4-11-14(2,3)15-12-13-9-7-5-6-8-10-13/h13,15H,4-12H2,1-3H3. The van der Waals surface area contributed by atoms with Gasteiger partial charge in [0.05, 0.1) is 0 Å². The molecule has 1 aliphatic carbocycles. The summed E-state index contributed by atoms with van der Waals surface area (Å²) in [5.41, 5.74) is 0.348. The molecule has 1 heteroatoms. The van der Waals surface area contributed by atoms with Crippen LogP contribution in [0.4, 0.5) is 0 Å². The van der Waals surface area contributed by atoms with Crippen molar-refractivity contribution in [2.24, 2.45) is 5.92 Å². The van der Waals surface area contributed by atoms with Crippen LogP contribution in [-0.4, -0.2) is 12.1 Å². The smallest absolute Gasteiger partial charge is 0.0125 e. The van der Waals surface area contributed by atoms with Crippen molar-refractivity contribution in [2.75, 3.05) is 6.54 Å². The highest BCUT2D eigenvalue weighted by molar-refractivity contribution is 4.78. The average molecular weight is 211 g/mol. The van der Waals surface area contributed by atoms with Crippen molar-refractivity contribution in [3.63, 3.8) is 0 Å². The van der Waals surface area contributed by atoms with Gasteiger partial charge in [0.15, 0.2) is 0 Å². The molecule has 0 aliphatic heterocycles. The van der Waals surface area contributed by atoms with Crippen LogP contribution >= 0.6 is 0 Å². The molecule has 0 bridgehead atoms. The van der Waals surface area contributed by atoms with Crippen molar-refractivity contribution < 1.29 is 0 Å². The molecule has 0 radical (unpaired) electrons. The Hall–Kier alpha value is -0.0400. The summed E-state index contributed by atoms with van der Waals surface area (Å²) >= 11 is 0. The molecule has 1 N–H and O–H groups in total. The monoisotopic (exact) mass is 211 g/mol. The molecule has 0 aromatic rings. The molecule has 15 heavy (non-hydrogen) atoms. The summed E-state index contributed by atoms with van der Waals surface area (Å²) in [4.78, 5) is 0. The minimum absolute atomic E-state index is 0.348. The van der Waals surface area contributed by atoms with Gasteiger partial charge in [-0.25, -0.2) is 0 Å². The molecule has 1 aliphatic rings. The molecule has 1 fully saturated rings. The third kappa shape index (κ3) is 5.55. The Balaban J connectivity index is 2.22. The van der Waals surface area contributed by atoms with Crippen LogP contribution in [-0.2, 0) is 0 Å². The summed E-state index contributed by atoms with van der Waals surface area (Å²) in [6.45, 7) is 8.20. The Morgan fingerprint density at radius 2 is 1.67 bits per heavy atom. The first-order valence-corrected chi connectivity index (χ1v) is 6.89. The molecule has 0 spiro atoms. The molecule has 0 unspecified atom stereocenters. The summed E-state index contributed by atoms with van der Waals surface area (Å²) in [6, 6.07) is 0.